The molecule has 1 rings (SSSR count). The Morgan fingerprint density at radius 1 is 1.47 bits per heavy atom. The molecule has 4 nitrogen and oxygen atoms in total. The molecule has 1 aliphatic rings. The Bertz CT molecular complexity index is 170. The summed E-state index contributed by atoms with van der Waals surface area (Å²) in [5.74, 6) is 0. The maximum absolute atomic E-state index is 9.73. The fourth-order valence-corrected chi connectivity index (χ4v) is 1.62. The molecule has 0 bridgehead atoms. The molecule has 0 aromatic carbocycles. The number of β-amino-alcohol motifs (C(OH)–C–C–N with tert-alkyl or cyclic N) is 1. The van der Waals surface area contributed by atoms with Crippen molar-refractivity contribution in [2.24, 2.45) is 0 Å². The number of nitrogens with zero attached hydrogens (tertiary/aromatic N) is 1. The van der Waals surface area contributed by atoms with Crippen molar-refractivity contribution in [3.05, 3.63) is 12.7 Å². The van der Waals surface area contributed by atoms with Crippen LogP contribution >= 0.6 is 0 Å². The summed E-state index contributed by atoms with van der Waals surface area (Å²) < 4.78 is 5.24. The van der Waals surface area contributed by atoms with Crippen molar-refractivity contribution in [1.29, 1.82) is 0 Å². The Balaban J connectivity index is 2.01. The van der Waals surface area contributed by atoms with Gasteiger partial charge in [0.25, 0.3) is 0 Å². The highest BCUT2D eigenvalue weighted by Crippen LogP contribution is 1.98. The van der Waals surface area contributed by atoms with E-state index in [9.17, 15) is 5.11 Å². The van der Waals surface area contributed by atoms with Crippen LogP contribution in [0.3, 0.4) is 0 Å². The summed E-state index contributed by atoms with van der Waals surface area (Å²) in [7, 11) is 0. The molecular weight excluding hydrogens is 192 g/mol. The van der Waals surface area contributed by atoms with Crippen LogP contribution in [0.1, 0.15) is 6.42 Å². The predicted octanol–water partition coefficient (Wildman–Crippen LogP) is -0.155. The number of hydrogen-bond donors (Lipinski definition) is 2. The van der Waals surface area contributed by atoms with Gasteiger partial charge in [-0.1, -0.05) is 6.08 Å². The molecule has 1 saturated heterocycles. The molecule has 1 atom stereocenters. The van der Waals surface area contributed by atoms with Crippen molar-refractivity contribution in [3.63, 3.8) is 0 Å². The number of aliphatic hydroxyl groups excluding tert-OH is 1. The topological polar surface area (TPSA) is 44.7 Å². The highest BCUT2D eigenvalue weighted by atomic mass is 16.5. The molecule has 1 unspecified atom stereocenters. The Kier molecular flexibility index (Phi) is 6.59. The smallest absolute Gasteiger partial charge is 0.0791 e. The first-order valence-electron chi connectivity index (χ1n) is 5.62. The summed E-state index contributed by atoms with van der Waals surface area (Å²) in [4.78, 5) is 2.24. The van der Waals surface area contributed by atoms with Gasteiger partial charge in [-0.25, -0.2) is 0 Å². The van der Waals surface area contributed by atoms with Crippen molar-refractivity contribution in [3.8, 4) is 0 Å². The van der Waals surface area contributed by atoms with E-state index in [-0.39, 0.29) is 6.10 Å². The Morgan fingerprint density at radius 2 is 2.20 bits per heavy atom. The van der Waals surface area contributed by atoms with E-state index < -0.39 is 0 Å². The summed E-state index contributed by atoms with van der Waals surface area (Å²) in [5, 5.41) is 12.9. The minimum Gasteiger partial charge on any atom is -0.390 e. The van der Waals surface area contributed by atoms with Crippen LogP contribution in [0.4, 0.5) is 0 Å². The molecule has 15 heavy (non-hydrogen) atoms. The second kappa shape index (κ2) is 7.82. The van der Waals surface area contributed by atoms with Crippen LogP contribution in [0.15, 0.2) is 12.7 Å². The lowest BCUT2D eigenvalue weighted by Gasteiger charge is -2.28. The molecule has 1 aliphatic heterocycles. The first-order chi connectivity index (χ1) is 7.33. The summed E-state index contributed by atoms with van der Waals surface area (Å²) in [5.41, 5.74) is 0. The van der Waals surface area contributed by atoms with E-state index in [1.165, 1.54) is 0 Å². The van der Waals surface area contributed by atoms with Gasteiger partial charge in [0.05, 0.1) is 19.3 Å². The van der Waals surface area contributed by atoms with Crippen LogP contribution in [-0.4, -0.2) is 62.0 Å². The molecule has 1 heterocycles. The molecule has 0 aromatic rings. The summed E-state index contributed by atoms with van der Waals surface area (Å²) >= 11 is 0. The first kappa shape index (κ1) is 12.6. The van der Waals surface area contributed by atoms with Crippen LogP contribution in [0.5, 0.6) is 0 Å². The second-order valence-electron chi connectivity index (χ2n) is 3.85. The SMILES string of the molecule is C=CCCNCC(O)CN1CCOCC1. The molecule has 0 saturated carbocycles. The zero-order valence-corrected chi connectivity index (χ0v) is 9.32. The van der Waals surface area contributed by atoms with Gasteiger partial charge in [-0.05, 0) is 13.0 Å². The van der Waals surface area contributed by atoms with Gasteiger partial charge in [-0.3, -0.25) is 4.90 Å². The molecule has 0 amide bonds. The fourth-order valence-electron chi connectivity index (χ4n) is 1.62. The molecule has 2 N–H and O–H groups in total. The molecule has 0 aliphatic carbocycles. The lowest BCUT2D eigenvalue weighted by molar-refractivity contribution is 0.0150. The summed E-state index contributed by atoms with van der Waals surface area (Å²) in [6, 6.07) is 0. The van der Waals surface area contributed by atoms with E-state index in [2.05, 4.69) is 16.8 Å². The third kappa shape index (κ3) is 5.89. The van der Waals surface area contributed by atoms with Crippen molar-refractivity contribution in [1.82, 2.24) is 10.2 Å². The fraction of sp³-hybridized carbons (Fsp3) is 0.818. The number of aliphatic hydroxyl groups is 1. The van der Waals surface area contributed by atoms with Crippen molar-refractivity contribution in [2.45, 2.75) is 12.5 Å². The van der Waals surface area contributed by atoms with E-state index in [1.807, 2.05) is 6.08 Å². The number of hydrogen-bond acceptors (Lipinski definition) is 4. The van der Waals surface area contributed by atoms with Gasteiger partial charge in [-0.2, -0.15) is 0 Å². The molecular formula is C11H22N2O2. The van der Waals surface area contributed by atoms with Gasteiger partial charge in [0, 0.05) is 26.2 Å². The normalized spacial score (nSPS) is 20.1. The number of morpholine rings is 1. The lowest BCUT2D eigenvalue weighted by Crippen LogP contribution is -2.43. The highest BCUT2D eigenvalue weighted by molar-refractivity contribution is 4.71. The second-order valence-corrected chi connectivity index (χ2v) is 3.85. The van der Waals surface area contributed by atoms with Crippen LogP contribution in [0.2, 0.25) is 0 Å². The van der Waals surface area contributed by atoms with Crippen LogP contribution < -0.4 is 5.32 Å². The van der Waals surface area contributed by atoms with Crippen molar-refractivity contribution < 1.29 is 9.84 Å². The zero-order chi connectivity index (χ0) is 10.9. The number of rotatable bonds is 7. The van der Waals surface area contributed by atoms with E-state index in [0.717, 1.165) is 45.8 Å². The number of ether oxygens (including phenoxy) is 1. The van der Waals surface area contributed by atoms with Crippen molar-refractivity contribution in [2.75, 3.05) is 45.9 Å². The molecule has 0 aromatic heterocycles. The quantitative estimate of drug-likeness (QED) is 0.457. The maximum Gasteiger partial charge on any atom is 0.0791 e. The first-order valence-corrected chi connectivity index (χ1v) is 5.62. The minimum absolute atomic E-state index is 0.284. The van der Waals surface area contributed by atoms with E-state index >= 15 is 0 Å². The summed E-state index contributed by atoms with van der Waals surface area (Å²) in [6.07, 6.45) is 2.54. The van der Waals surface area contributed by atoms with Gasteiger partial charge < -0.3 is 15.2 Å². The molecule has 1 fully saturated rings. The molecule has 4 heteroatoms. The predicted molar refractivity (Wildman–Crippen MR) is 60.9 cm³/mol. The van der Waals surface area contributed by atoms with Gasteiger partial charge >= 0.3 is 0 Å². The van der Waals surface area contributed by atoms with Gasteiger partial charge in [-0.15, -0.1) is 6.58 Å². The van der Waals surface area contributed by atoms with Crippen LogP contribution in [0, 0.1) is 0 Å². The largest absolute Gasteiger partial charge is 0.390 e. The Hall–Kier alpha value is -0.420. The van der Waals surface area contributed by atoms with Crippen molar-refractivity contribution >= 4 is 0 Å². The van der Waals surface area contributed by atoms with Crippen LogP contribution in [0.25, 0.3) is 0 Å². The van der Waals surface area contributed by atoms with E-state index in [4.69, 9.17) is 4.74 Å². The highest BCUT2D eigenvalue weighted by Gasteiger charge is 2.14. The third-order valence-electron chi connectivity index (χ3n) is 2.48. The average molecular weight is 214 g/mol. The van der Waals surface area contributed by atoms with Gasteiger partial charge in [0.2, 0.25) is 0 Å². The molecule has 0 spiro atoms. The molecule has 0 radical (unpaired) electrons. The standard InChI is InChI=1S/C11H22N2O2/c1-2-3-4-12-9-11(14)10-13-5-7-15-8-6-13/h2,11-12,14H,1,3-10H2. The Morgan fingerprint density at radius 3 is 2.87 bits per heavy atom. The number of nitrogens with one attached hydrogen (secondary N) is 1. The average Bonchev–Trinajstić information content (AvgIpc) is 2.26. The summed E-state index contributed by atoms with van der Waals surface area (Å²) in [6.45, 7) is 9.38. The Labute approximate surface area is 91.9 Å². The minimum atomic E-state index is -0.284. The van der Waals surface area contributed by atoms with Gasteiger partial charge in [0.1, 0.15) is 0 Å². The van der Waals surface area contributed by atoms with E-state index in [0.29, 0.717) is 6.54 Å². The van der Waals surface area contributed by atoms with E-state index in [1.54, 1.807) is 0 Å². The lowest BCUT2D eigenvalue weighted by atomic mass is 10.3. The third-order valence-corrected chi connectivity index (χ3v) is 2.48. The van der Waals surface area contributed by atoms with Gasteiger partial charge in [0.15, 0.2) is 0 Å². The monoisotopic (exact) mass is 214 g/mol. The molecule has 88 valence electrons. The van der Waals surface area contributed by atoms with Crippen LogP contribution in [-0.2, 0) is 4.74 Å². The maximum atomic E-state index is 9.73. The zero-order valence-electron chi connectivity index (χ0n) is 9.32.